The third-order valence-corrected chi connectivity index (χ3v) is 3.50. The van der Waals surface area contributed by atoms with Gasteiger partial charge in [-0.3, -0.25) is 4.68 Å². The van der Waals surface area contributed by atoms with Gasteiger partial charge >= 0.3 is 0 Å². The predicted molar refractivity (Wildman–Crippen MR) is 79.3 cm³/mol. The summed E-state index contributed by atoms with van der Waals surface area (Å²) in [5.74, 6) is 0.651. The molecule has 2 rings (SSSR count). The lowest BCUT2D eigenvalue weighted by atomic mass is 10.0. The number of hydrogen-bond donors (Lipinski definition) is 1. The van der Waals surface area contributed by atoms with Crippen molar-refractivity contribution in [2.24, 2.45) is 0 Å². The molecule has 0 saturated heterocycles. The molecule has 5 heteroatoms. The van der Waals surface area contributed by atoms with Crippen molar-refractivity contribution in [1.29, 1.82) is 0 Å². The summed E-state index contributed by atoms with van der Waals surface area (Å²) in [6.45, 7) is 4.75. The van der Waals surface area contributed by atoms with Crippen molar-refractivity contribution in [3.05, 3.63) is 46.2 Å². The first-order valence-corrected chi connectivity index (χ1v) is 7.00. The lowest BCUT2D eigenvalue weighted by molar-refractivity contribution is 0.202. The number of aromatic nitrogens is 2. The maximum Gasteiger partial charge on any atom is 0.126 e. The molecule has 0 aliphatic carbocycles. The van der Waals surface area contributed by atoms with Crippen molar-refractivity contribution < 1.29 is 9.84 Å². The molecule has 0 radical (unpaired) electrons. The minimum absolute atomic E-state index is 0.466. The maximum atomic E-state index is 10.6. The van der Waals surface area contributed by atoms with Crippen LogP contribution in [0.4, 0.5) is 0 Å². The number of halogens is 1. The molecule has 0 spiro atoms. The molecule has 0 aliphatic rings. The second kappa shape index (κ2) is 6.29. The summed E-state index contributed by atoms with van der Waals surface area (Å²) in [4.78, 5) is 0. The molecule has 0 aliphatic heterocycles. The average Bonchev–Trinajstić information content (AvgIpc) is 2.79. The molecule has 1 aromatic carbocycles. The van der Waals surface area contributed by atoms with Gasteiger partial charge in [0.2, 0.25) is 0 Å². The molecule has 1 aromatic heterocycles. The zero-order valence-electron chi connectivity index (χ0n) is 11.9. The third-order valence-electron chi connectivity index (χ3n) is 3.21. The van der Waals surface area contributed by atoms with Gasteiger partial charge in [0.1, 0.15) is 11.9 Å². The highest BCUT2D eigenvalue weighted by Crippen LogP contribution is 2.34. The van der Waals surface area contributed by atoms with E-state index < -0.39 is 6.10 Å². The average molecular weight is 295 g/mol. The molecule has 1 atom stereocenters. The number of rotatable bonds is 5. The first-order chi connectivity index (χ1) is 9.58. The van der Waals surface area contributed by atoms with Crippen LogP contribution in [0.15, 0.2) is 24.4 Å². The number of aliphatic hydroxyl groups is 1. The molecule has 0 bridgehead atoms. The van der Waals surface area contributed by atoms with Gasteiger partial charge in [0.25, 0.3) is 0 Å². The summed E-state index contributed by atoms with van der Waals surface area (Å²) in [6.07, 6.45) is 1.63. The van der Waals surface area contributed by atoms with E-state index in [1.54, 1.807) is 18.0 Å². The fourth-order valence-electron chi connectivity index (χ4n) is 2.23. The van der Waals surface area contributed by atoms with Gasteiger partial charge < -0.3 is 9.84 Å². The van der Waals surface area contributed by atoms with Crippen LogP contribution in [0.1, 0.15) is 36.3 Å². The summed E-state index contributed by atoms with van der Waals surface area (Å²) in [6, 6.07) is 5.70. The van der Waals surface area contributed by atoms with Crippen molar-refractivity contribution in [3.8, 4) is 5.75 Å². The van der Waals surface area contributed by atoms with E-state index in [0.717, 1.165) is 12.0 Å². The number of aryl methyl sites for hydroxylation is 2. The predicted octanol–water partition coefficient (Wildman–Crippen LogP) is 3.35. The minimum atomic E-state index is -0.855. The van der Waals surface area contributed by atoms with E-state index in [4.69, 9.17) is 16.3 Å². The Morgan fingerprint density at radius 2 is 2.20 bits per heavy atom. The summed E-state index contributed by atoms with van der Waals surface area (Å²) in [5.41, 5.74) is 2.37. The molecule has 20 heavy (non-hydrogen) atoms. The monoisotopic (exact) mass is 294 g/mol. The largest absolute Gasteiger partial charge is 0.496 e. The second-order valence-electron chi connectivity index (χ2n) is 4.75. The van der Waals surface area contributed by atoms with Gasteiger partial charge in [-0.25, -0.2) is 0 Å². The Morgan fingerprint density at radius 3 is 2.85 bits per heavy atom. The number of methoxy groups -OCH3 is 1. The number of nitrogens with zero attached hydrogens (tertiary/aromatic N) is 2. The van der Waals surface area contributed by atoms with E-state index in [0.29, 0.717) is 28.6 Å². The number of ether oxygens (including phenoxy) is 1. The number of hydrogen-bond acceptors (Lipinski definition) is 3. The quantitative estimate of drug-likeness (QED) is 0.920. The van der Waals surface area contributed by atoms with E-state index >= 15 is 0 Å². The van der Waals surface area contributed by atoms with E-state index in [1.807, 2.05) is 25.1 Å². The van der Waals surface area contributed by atoms with Crippen molar-refractivity contribution in [3.63, 3.8) is 0 Å². The van der Waals surface area contributed by atoms with Gasteiger partial charge in [0.15, 0.2) is 0 Å². The van der Waals surface area contributed by atoms with Gasteiger partial charge in [0.05, 0.1) is 24.0 Å². The van der Waals surface area contributed by atoms with E-state index in [-0.39, 0.29) is 0 Å². The molecule has 1 heterocycles. The van der Waals surface area contributed by atoms with Crippen LogP contribution in [0, 0.1) is 6.92 Å². The Labute approximate surface area is 123 Å². The van der Waals surface area contributed by atoms with Crippen molar-refractivity contribution >= 4 is 11.6 Å². The van der Waals surface area contributed by atoms with Crippen LogP contribution in [0.25, 0.3) is 0 Å². The van der Waals surface area contributed by atoms with Gasteiger partial charge in [-0.05, 0) is 25.0 Å². The summed E-state index contributed by atoms with van der Waals surface area (Å²) >= 11 is 6.17. The lowest BCUT2D eigenvalue weighted by Crippen LogP contribution is -2.11. The summed E-state index contributed by atoms with van der Waals surface area (Å²) in [7, 11) is 1.59. The highest BCUT2D eigenvalue weighted by atomic mass is 35.5. The van der Waals surface area contributed by atoms with E-state index in [1.165, 1.54) is 0 Å². The fraction of sp³-hybridized carbons (Fsp3) is 0.400. The molecule has 108 valence electrons. The second-order valence-corrected chi connectivity index (χ2v) is 5.16. The van der Waals surface area contributed by atoms with Crippen LogP contribution in [0.3, 0.4) is 0 Å². The Bertz CT molecular complexity index is 596. The molecular weight excluding hydrogens is 276 g/mol. The SMILES string of the molecule is CCCn1ncc(Cl)c1C(O)c1ccc(C)cc1OC. The Kier molecular flexibility index (Phi) is 4.68. The van der Waals surface area contributed by atoms with Crippen LogP contribution in [0.5, 0.6) is 5.75 Å². The number of aliphatic hydroxyl groups excluding tert-OH is 1. The Hall–Kier alpha value is -1.52. The van der Waals surface area contributed by atoms with Crippen molar-refractivity contribution in [2.75, 3.05) is 7.11 Å². The minimum Gasteiger partial charge on any atom is -0.496 e. The molecular formula is C15H19ClN2O2. The summed E-state index contributed by atoms with van der Waals surface area (Å²) < 4.78 is 7.09. The maximum absolute atomic E-state index is 10.6. The summed E-state index contributed by atoms with van der Waals surface area (Å²) in [5, 5.41) is 15.3. The van der Waals surface area contributed by atoms with Crippen LogP contribution in [-0.2, 0) is 6.54 Å². The van der Waals surface area contributed by atoms with E-state index in [9.17, 15) is 5.11 Å². The highest BCUT2D eigenvalue weighted by Gasteiger charge is 2.22. The molecule has 0 amide bonds. The van der Waals surface area contributed by atoms with Crippen molar-refractivity contribution in [2.45, 2.75) is 32.9 Å². The molecule has 1 unspecified atom stereocenters. The van der Waals surface area contributed by atoms with Crippen LogP contribution in [0.2, 0.25) is 5.02 Å². The van der Waals surface area contributed by atoms with Crippen molar-refractivity contribution in [1.82, 2.24) is 9.78 Å². The standard InChI is InChI=1S/C15H19ClN2O2/c1-4-7-18-14(12(16)9-17-18)15(19)11-6-5-10(2)8-13(11)20-3/h5-6,8-9,15,19H,4,7H2,1-3H3. The van der Waals surface area contributed by atoms with Gasteiger partial charge in [0, 0.05) is 12.1 Å². The first-order valence-electron chi connectivity index (χ1n) is 6.62. The highest BCUT2D eigenvalue weighted by molar-refractivity contribution is 6.31. The number of benzene rings is 1. The van der Waals surface area contributed by atoms with Gasteiger partial charge in [-0.1, -0.05) is 30.7 Å². The molecule has 1 N–H and O–H groups in total. The first kappa shape index (κ1) is 14.9. The topological polar surface area (TPSA) is 47.3 Å². The molecule has 4 nitrogen and oxygen atoms in total. The molecule has 0 saturated carbocycles. The van der Waals surface area contributed by atoms with Gasteiger partial charge in [-0.2, -0.15) is 5.10 Å². The fourth-order valence-corrected chi connectivity index (χ4v) is 2.47. The zero-order valence-corrected chi connectivity index (χ0v) is 12.7. The van der Waals surface area contributed by atoms with Gasteiger partial charge in [-0.15, -0.1) is 0 Å². The van der Waals surface area contributed by atoms with E-state index in [2.05, 4.69) is 12.0 Å². The molecule has 2 aromatic rings. The smallest absolute Gasteiger partial charge is 0.126 e. The third kappa shape index (κ3) is 2.81. The zero-order chi connectivity index (χ0) is 14.7. The Morgan fingerprint density at radius 1 is 1.45 bits per heavy atom. The van der Waals surface area contributed by atoms with Crippen LogP contribution >= 0.6 is 11.6 Å². The van der Waals surface area contributed by atoms with Crippen LogP contribution in [-0.4, -0.2) is 22.0 Å². The van der Waals surface area contributed by atoms with Crippen LogP contribution < -0.4 is 4.74 Å². The molecule has 0 fully saturated rings. The Balaban J connectivity index is 2.45. The lowest BCUT2D eigenvalue weighted by Gasteiger charge is -2.17. The normalized spacial score (nSPS) is 12.4.